The van der Waals surface area contributed by atoms with Gasteiger partial charge in [0, 0.05) is 48.9 Å². The van der Waals surface area contributed by atoms with E-state index >= 15 is 0 Å². The van der Waals surface area contributed by atoms with E-state index in [0.717, 1.165) is 24.8 Å². The Morgan fingerprint density at radius 2 is 1.78 bits per heavy atom. The Kier molecular flexibility index (Phi) is 8.31. The summed E-state index contributed by atoms with van der Waals surface area (Å²) in [5.74, 6) is 1.40. The standard InChI is InChI=1S/C26H32N2O4/c1-4-16-28(25(29)13-11-20-10-12-23(31-2)19-24(20)32-3)22-14-17-27(18-15-22)26(30)21-8-6-5-7-9-21/h5-13,19,22H,4,14-18H2,1-3H3/b13-11+. The number of benzene rings is 2. The van der Waals surface area contributed by atoms with Crippen molar-refractivity contribution in [2.45, 2.75) is 32.2 Å². The van der Waals surface area contributed by atoms with Gasteiger partial charge in [-0.05, 0) is 49.6 Å². The largest absolute Gasteiger partial charge is 0.497 e. The zero-order valence-electron chi connectivity index (χ0n) is 19.1. The smallest absolute Gasteiger partial charge is 0.253 e. The van der Waals surface area contributed by atoms with E-state index in [-0.39, 0.29) is 17.9 Å². The molecule has 0 atom stereocenters. The van der Waals surface area contributed by atoms with Crippen LogP contribution in [0.4, 0.5) is 0 Å². The number of hydrogen-bond acceptors (Lipinski definition) is 4. The molecule has 1 heterocycles. The Hall–Kier alpha value is -3.28. The molecule has 0 spiro atoms. The van der Waals surface area contributed by atoms with Crippen LogP contribution in [0.5, 0.6) is 11.5 Å². The number of likely N-dealkylation sites (tertiary alicyclic amines) is 1. The van der Waals surface area contributed by atoms with Crippen LogP contribution in [0.3, 0.4) is 0 Å². The molecule has 0 bridgehead atoms. The fraction of sp³-hybridized carbons (Fsp3) is 0.385. The Bertz CT molecular complexity index is 934. The highest BCUT2D eigenvalue weighted by Crippen LogP contribution is 2.26. The van der Waals surface area contributed by atoms with Crippen molar-refractivity contribution in [1.82, 2.24) is 9.80 Å². The maximum atomic E-state index is 13.1. The maximum absolute atomic E-state index is 13.1. The Morgan fingerprint density at radius 3 is 2.41 bits per heavy atom. The highest BCUT2D eigenvalue weighted by molar-refractivity contribution is 5.94. The van der Waals surface area contributed by atoms with Gasteiger partial charge in [-0.1, -0.05) is 25.1 Å². The molecule has 6 heteroatoms. The van der Waals surface area contributed by atoms with E-state index in [2.05, 4.69) is 6.92 Å². The van der Waals surface area contributed by atoms with E-state index in [1.165, 1.54) is 0 Å². The summed E-state index contributed by atoms with van der Waals surface area (Å²) in [6.45, 7) is 4.08. The molecular weight excluding hydrogens is 404 g/mol. The molecule has 0 unspecified atom stereocenters. The van der Waals surface area contributed by atoms with Crippen molar-refractivity contribution in [1.29, 1.82) is 0 Å². The predicted octanol–water partition coefficient (Wildman–Crippen LogP) is 4.26. The number of carbonyl (C=O) groups excluding carboxylic acids is 2. The van der Waals surface area contributed by atoms with E-state index in [4.69, 9.17) is 9.47 Å². The molecule has 1 aliphatic heterocycles. The first-order valence-corrected chi connectivity index (χ1v) is 11.1. The van der Waals surface area contributed by atoms with Crippen molar-refractivity contribution in [3.8, 4) is 11.5 Å². The van der Waals surface area contributed by atoms with Gasteiger partial charge in [0.05, 0.1) is 14.2 Å². The lowest BCUT2D eigenvalue weighted by Crippen LogP contribution is -2.48. The van der Waals surface area contributed by atoms with Gasteiger partial charge in [0.1, 0.15) is 11.5 Å². The summed E-state index contributed by atoms with van der Waals surface area (Å²) in [6.07, 6.45) is 5.85. The van der Waals surface area contributed by atoms with Crippen LogP contribution in [0.1, 0.15) is 42.1 Å². The second kappa shape index (κ2) is 11.4. The zero-order chi connectivity index (χ0) is 22.9. The molecule has 6 nitrogen and oxygen atoms in total. The molecule has 1 saturated heterocycles. The van der Waals surface area contributed by atoms with Crippen LogP contribution in [0, 0.1) is 0 Å². The van der Waals surface area contributed by atoms with Crippen LogP contribution in [-0.2, 0) is 4.79 Å². The molecule has 0 N–H and O–H groups in total. The second-order valence-corrected chi connectivity index (χ2v) is 7.86. The van der Waals surface area contributed by atoms with Gasteiger partial charge in [-0.15, -0.1) is 0 Å². The molecule has 3 rings (SSSR count). The Balaban J connectivity index is 1.65. The van der Waals surface area contributed by atoms with Crippen molar-refractivity contribution < 1.29 is 19.1 Å². The molecule has 170 valence electrons. The number of carbonyl (C=O) groups is 2. The van der Waals surface area contributed by atoms with Gasteiger partial charge in [0.25, 0.3) is 5.91 Å². The van der Waals surface area contributed by atoms with E-state index in [1.807, 2.05) is 52.3 Å². The van der Waals surface area contributed by atoms with Crippen LogP contribution in [-0.4, -0.2) is 61.5 Å². The van der Waals surface area contributed by atoms with Crippen molar-refractivity contribution in [2.24, 2.45) is 0 Å². The zero-order valence-corrected chi connectivity index (χ0v) is 19.1. The number of amides is 2. The monoisotopic (exact) mass is 436 g/mol. The first kappa shape index (κ1) is 23.4. The third kappa shape index (κ3) is 5.69. The number of piperidine rings is 1. The molecule has 0 aromatic heterocycles. The first-order valence-electron chi connectivity index (χ1n) is 11.1. The number of methoxy groups -OCH3 is 2. The van der Waals surface area contributed by atoms with E-state index in [1.54, 1.807) is 32.4 Å². The lowest BCUT2D eigenvalue weighted by atomic mass is 10.0. The molecule has 1 fully saturated rings. The molecule has 2 aromatic rings. The van der Waals surface area contributed by atoms with Gasteiger partial charge < -0.3 is 19.3 Å². The minimum Gasteiger partial charge on any atom is -0.497 e. The quantitative estimate of drug-likeness (QED) is 0.580. The van der Waals surface area contributed by atoms with E-state index in [9.17, 15) is 9.59 Å². The summed E-state index contributed by atoms with van der Waals surface area (Å²) in [5.41, 5.74) is 1.53. The SMILES string of the molecule is CCCN(C(=O)/C=C/c1ccc(OC)cc1OC)C1CCN(C(=O)c2ccccc2)CC1. The highest BCUT2D eigenvalue weighted by Gasteiger charge is 2.28. The third-order valence-corrected chi connectivity index (χ3v) is 5.81. The predicted molar refractivity (Wildman–Crippen MR) is 126 cm³/mol. The summed E-state index contributed by atoms with van der Waals surface area (Å²) in [4.78, 5) is 29.6. The number of ether oxygens (including phenoxy) is 2. The van der Waals surface area contributed by atoms with E-state index < -0.39 is 0 Å². The fourth-order valence-corrected chi connectivity index (χ4v) is 4.07. The average Bonchev–Trinajstić information content (AvgIpc) is 2.86. The summed E-state index contributed by atoms with van der Waals surface area (Å²) in [5, 5.41) is 0. The maximum Gasteiger partial charge on any atom is 0.253 e. The van der Waals surface area contributed by atoms with E-state index in [0.29, 0.717) is 36.7 Å². The number of rotatable bonds is 8. The molecule has 1 aliphatic rings. The summed E-state index contributed by atoms with van der Waals surface area (Å²) < 4.78 is 10.7. The summed E-state index contributed by atoms with van der Waals surface area (Å²) in [6, 6.07) is 15.0. The fourth-order valence-electron chi connectivity index (χ4n) is 4.07. The van der Waals surface area contributed by atoms with Crippen LogP contribution >= 0.6 is 0 Å². The van der Waals surface area contributed by atoms with Gasteiger partial charge in [-0.25, -0.2) is 0 Å². The van der Waals surface area contributed by atoms with Gasteiger partial charge in [0.2, 0.25) is 5.91 Å². The van der Waals surface area contributed by atoms with Gasteiger partial charge in [0.15, 0.2) is 0 Å². The summed E-state index contributed by atoms with van der Waals surface area (Å²) in [7, 11) is 3.21. The van der Waals surface area contributed by atoms with Crippen LogP contribution in [0.15, 0.2) is 54.6 Å². The van der Waals surface area contributed by atoms with Gasteiger partial charge >= 0.3 is 0 Å². The molecular formula is C26H32N2O4. The molecule has 2 amide bonds. The Labute approximate surface area is 190 Å². The van der Waals surface area contributed by atoms with Crippen molar-refractivity contribution in [3.05, 3.63) is 65.7 Å². The number of nitrogens with zero attached hydrogens (tertiary/aromatic N) is 2. The molecule has 32 heavy (non-hydrogen) atoms. The minimum atomic E-state index is -0.0162. The van der Waals surface area contributed by atoms with Gasteiger partial charge in [-0.2, -0.15) is 0 Å². The van der Waals surface area contributed by atoms with Crippen molar-refractivity contribution >= 4 is 17.9 Å². The molecule has 2 aromatic carbocycles. The molecule has 0 radical (unpaired) electrons. The third-order valence-electron chi connectivity index (χ3n) is 5.81. The van der Waals surface area contributed by atoms with Crippen LogP contribution in [0.2, 0.25) is 0 Å². The second-order valence-electron chi connectivity index (χ2n) is 7.86. The number of hydrogen-bond donors (Lipinski definition) is 0. The van der Waals surface area contributed by atoms with Crippen molar-refractivity contribution in [3.63, 3.8) is 0 Å². The van der Waals surface area contributed by atoms with Gasteiger partial charge in [-0.3, -0.25) is 9.59 Å². The molecule has 0 saturated carbocycles. The normalized spacial score (nSPS) is 14.4. The minimum absolute atomic E-state index is 0.0162. The van der Waals surface area contributed by atoms with Crippen LogP contribution < -0.4 is 9.47 Å². The van der Waals surface area contributed by atoms with Crippen LogP contribution in [0.25, 0.3) is 6.08 Å². The topological polar surface area (TPSA) is 59.1 Å². The van der Waals surface area contributed by atoms with Crippen molar-refractivity contribution in [2.75, 3.05) is 33.9 Å². The lowest BCUT2D eigenvalue weighted by molar-refractivity contribution is -0.129. The first-order chi connectivity index (χ1) is 15.6. The molecule has 0 aliphatic carbocycles. The summed E-state index contributed by atoms with van der Waals surface area (Å²) >= 11 is 0. The Morgan fingerprint density at radius 1 is 1.06 bits per heavy atom. The lowest BCUT2D eigenvalue weighted by Gasteiger charge is -2.38. The highest BCUT2D eigenvalue weighted by atomic mass is 16.5. The average molecular weight is 437 g/mol.